The molecule has 4 aliphatic rings. The molecule has 3 saturated heterocycles. The van der Waals surface area contributed by atoms with Crippen molar-refractivity contribution in [3.05, 3.63) is 30.2 Å². The van der Waals surface area contributed by atoms with E-state index in [9.17, 15) is 0 Å². The second-order valence-corrected chi connectivity index (χ2v) is 12.5. The van der Waals surface area contributed by atoms with Crippen molar-refractivity contribution in [3.8, 4) is 22.8 Å². The number of rotatable bonds is 7. The zero-order valence-electron chi connectivity index (χ0n) is 23.4. The Hall–Kier alpha value is -2.05. The number of aryl methyl sites for hydroxylation is 1. The van der Waals surface area contributed by atoms with E-state index in [1.807, 2.05) is 12.1 Å². The Morgan fingerprint density at radius 2 is 1.62 bits per heavy atom. The minimum Gasteiger partial charge on any atom is -0.493 e. The Labute approximate surface area is 223 Å². The minimum absolute atomic E-state index is 0.759. The molecule has 0 saturated carbocycles. The van der Waals surface area contributed by atoms with Crippen LogP contribution in [0.4, 0.5) is 0 Å². The van der Waals surface area contributed by atoms with E-state index >= 15 is 0 Å². The third-order valence-electron chi connectivity index (χ3n) is 9.90. The Kier molecular flexibility index (Phi) is 7.24. The average Bonchev–Trinajstić information content (AvgIpc) is 3.43. The summed E-state index contributed by atoms with van der Waals surface area (Å²) in [5, 5.41) is 0. The van der Waals surface area contributed by atoms with Crippen molar-refractivity contribution < 1.29 is 9.47 Å². The summed E-state index contributed by atoms with van der Waals surface area (Å²) < 4.78 is 13.4. The number of hydrogen-bond acceptors (Lipinski definition) is 5. The minimum atomic E-state index is 0.759. The third-order valence-corrected chi connectivity index (χ3v) is 9.90. The number of ether oxygens (including phenoxy) is 2. The van der Waals surface area contributed by atoms with Crippen LogP contribution in [0.15, 0.2) is 24.4 Å². The van der Waals surface area contributed by atoms with Crippen LogP contribution >= 0.6 is 0 Å². The van der Waals surface area contributed by atoms with E-state index in [4.69, 9.17) is 14.5 Å². The van der Waals surface area contributed by atoms with E-state index < -0.39 is 0 Å². The van der Waals surface area contributed by atoms with Crippen LogP contribution < -0.4 is 9.47 Å². The second kappa shape index (κ2) is 10.6. The molecule has 5 heterocycles. The van der Waals surface area contributed by atoms with Crippen molar-refractivity contribution in [3.63, 3.8) is 0 Å². The maximum atomic E-state index is 5.52. The van der Waals surface area contributed by atoms with Crippen LogP contribution in [0.5, 0.6) is 11.5 Å². The van der Waals surface area contributed by atoms with Gasteiger partial charge in [0.15, 0.2) is 11.5 Å². The SMILES string of the molecule is COc1ccc(-c2cn3c(n2)CC[C@@H](C2CCN(C4CC5CCC(C4)N5CC(C)C)CC2)C3)cc1OC. The number of benzene rings is 1. The van der Waals surface area contributed by atoms with Gasteiger partial charge in [-0.15, -0.1) is 0 Å². The van der Waals surface area contributed by atoms with E-state index in [1.165, 1.54) is 70.4 Å². The summed E-state index contributed by atoms with van der Waals surface area (Å²) in [6, 6.07) is 8.63. The molecule has 1 aromatic carbocycles. The first-order chi connectivity index (χ1) is 18.0. The normalized spacial score (nSPS) is 29.0. The van der Waals surface area contributed by atoms with E-state index in [-0.39, 0.29) is 0 Å². The quantitative estimate of drug-likeness (QED) is 0.497. The lowest BCUT2D eigenvalue weighted by molar-refractivity contribution is 0.0263. The Bertz CT molecular complexity index is 1060. The molecule has 3 atom stereocenters. The van der Waals surface area contributed by atoms with Gasteiger partial charge in [-0.2, -0.15) is 0 Å². The lowest BCUT2D eigenvalue weighted by atomic mass is 9.79. The Morgan fingerprint density at radius 1 is 0.892 bits per heavy atom. The predicted molar refractivity (Wildman–Crippen MR) is 148 cm³/mol. The molecule has 202 valence electrons. The van der Waals surface area contributed by atoms with Crippen LogP contribution in [0.2, 0.25) is 0 Å². The molecule has 6 rings (SSSR count). The number of hydrogen-bond donors (Lipinski definition) is 0. The predicted octanol–water partition coefficient (Wildman–Crippen LogP) is 5.49. The summed E-state index contributed by atoms with van der Waals surface area (Å²) in [6.07, 6.45) is 13.1. The highest BCUT2D eigenvalue weighted by molar-refractivity contribution is 5.63. The molecule has 1 aromatic heterocycles. The van der Waals surface area contributed by atoms with E-state index in [2.05, 4.69) is 40.5 Å². The van der Waals surface area contributed by atoms with Gasteiger partial charge >= 0.3 is 0 Å². The van der Waals surface area contributed by atoms with Crippen molar-refractivity contribution in [2.45, 2.75) is 89.9 Å². The van der Waals surface area contributed by atoms with E-state index in [1.54, 1.807) is 14.2 Å². The van der Waals surface area contributed by atoms with Gasteiger partial charge in [-0.3, -0.25) is 4.90 Å². The molecule has 6 nitrogen and oxygen atoms in total. The van der Waals surface area contributed by atoms with Crippen molar-refractivity contribution in [1.82, 2.24) is 19.4 Å². The fourth-order valence-corrected chi connectivity index (χ4v) is 8.01. The van der Waals surface area contributed by atoms with Crippen LogP contribution in [0.1, 0.15) is 64.6 Å². The molecule has 0 aliphatic carbocycles. The summed E-state index contributed by atoms with van der Waals surface area (Å²) in [7, 11) is 3.37. The standard InChI is InChI=1S/C31H46N4O2/c1-21(2)18-35-25-7-8-26(35)17-27(16-25)33-13-11-22(12-14-33)24-6-10-31-32-28(20-34(31)19-24)23-5-9-29(36-3)30(15-23)37-4/h5,9,15,20-22,24-27H,6-8,10-14,16-19H2,1-4H3/t24-,25?,26?,27?/m1/s1. The number of fused-ring (bicyclic) bond motifs is 3. The van der Waals surface area contributed by atoms with Crippen molar-refractivity contribution in [2.24, 2.45) is 17.8 Å². The van der Waals surface area contributed by atoms with Gasteiger partial charge < -0.3 is 18.9 Å². The number of aromatic nitrogens is 2. The summed E-state index contributed by atoms with van der Waals surface area (Å²) >= 11 is 0. The number of nitrogens with zero attached hydrogens (tertiary/aromatic N) is 4. The van der Waals surface area contributed by atoms with Gasteiger partial charge in [0.2, 0.25) is 0 Å². The van der Waals surface area contributed by atoms with Crippen molar-refractivity contribution >= 4 is 0 Å². The van der Waals surface area contributed by atoms with Crippen LogP contribution in [0.25, 0.3) is 11.3 Å². The molecule has 4 aliphatic heterocycles. The highest BCUT2D eigenvalue weighted by Crippen LogP contribution is 2.41. The second-order valence-electron chi connectivity index (χ2n) is 12.5. The lowest BCUT2D eigenvalue weighted by Gasteiger charge is -2.46. The van der Waals surface area contributed by atoms with Crippen molar-refractivity contribution in [2.75, 3.05) is 33.9 Å². The molecule has 6 heteroatoms. The fraction of sp³-hybridized carbons (Fsp3) is 0.710. The van der Waals surface area contributed by atoms with Gasteiger partial charge in [0.05, 0.1) is 19.9 Å². The monoisotopic (exact) mass is 506 g/mol. The van der Waals surface area contributed by atoms with Gasteiger partial charge in [0, 0.05) is 49.4 Å². The largest absolute Gasteiger partial charge is 0.493 e. The zero-order chi connectivity index (χ0) is 25.5. The van der Waals surface area contributed by atoms with Crippen molar-refractivity contribution in [1.29, 1.82) is 0 Å². The number of imidazole rings is 1. The van der Waals surface area contributed by atoms with Crippen LogP contribution in [-0.4, -0.2) is 71.3 Å². The molecule has 3 fully saturated rings. The molecule has 0 amide bonds. The summed E-state index contributed by atoms with van der Waals surface area (Å²) in [5.41, 5.74) is 2.14. The molecular formula is C31H46N4O2. The number of methoxy groups -OCH3 is 2. The van der Waals surface area contributed by atoms with E-state index in [0.717, 1.165) is 71.6 Å². The summed E-state index contributed by atoms with van der Waals surface area (Å²) in [5.74, 6) is 5.18. The van der Waals surface area contributed by atoms with Gasteiger partial charge in [-0.25, -0.2) is 4.98 Å². The molecule has 37 heavy (non-hydrogen) atoms. The topological polar surface area (TPSA) is 42.8 Å². The third kappa shape index (κ3) is 5.04. The smallest absolute Gasteiger partial charge is 0.161 e. The molecular weight excluding hydrogens is 460 g/mol. The fourth-order valence-electron chi connectivity index (χ4n) is 8.01. The molecule has 2 bridgehead atoms. The maximum absolute atomic E-state index is 5.52. The Balaban J connectivity index is 1.05. The first-order valence-corrected chi connectivity index (χ1v) is 14.8. The summed E-state index contributed by atoms with van der Waals surface area (Å²) in [4.78, 5) is 10.8. The average molecular weight is 507 g/mol. The first kappa shape index (κ1) is 25.2. The number of piperidine rings is 2. The molecule has 0 spiro atoms. The summed E-state index contributed by atoms with van der Waals surface area (Å²) in [6.45, 7) is 9.80. The van der Waals surface area contributed by atoms with Gasteiger partial charge in [-0.05, 0) is 94.0 Å². The van der Waals surface area contributed by atoms with Gasteiger partial charge in [0.1, 0.15) is 5.82 Å². The Morgan fingerprint density at radius 3 is 2.30 bits per heavy atom. The van der Waals surface area contributed by atoms with Gasteiger partial charge in [0.25, 0.3) is 0 Å². The lowest BCUT2D eigenvalue weighted by Crippen LogP contribution is -2.53. The molecule has 0 N–H and O–H groups in total. The number of likely N-dealkylation sites (tertiary alicyclic amines) is 1. The van der Waals surface area contributed by atoms with Crippen LogP contribution in [0, 0.1) is 17.8 Å². The zero-order valence-corrected chi connectivity index (χ0v) is 23.4. The van der Waals surface area contributed by atoms with Gasteiger partial charge in [-0.1, -0.05) is 13.8 Å². The highest BCUT2D eigenvalue weighted by atomic mass is 16.5. The first-order valence-electron chi connectivity index (χ1n) is 14.8. The molecule has 2 unspecified atom stereocenters. The molecule has 2 aromatic rings. The van der Waals surface area contributed by atoms with Crippen LogP contribution in [0.3, 0.4) is 0 Å². The molecule has 0 radical (unpaired) electrons. The highest BCUT2D eigenvalue weighted by Gasteiger charge is 2.43. The van der Waals surface area contributed by atoms with E-state index in [0.29, 0.717) is 0 Å². The van der Waals surface area contributed by atoms with Crippen LogP contribution in [-0.2, 0) is 13.0 Å². The maximum Gasteiger partial charge on any atom is 0.161 e.